The van der Waals surface area contributed by atoms with Crippen molar-refractivity contribution >= 4 is 5.91 Å². The summed E-state index contributed by atoms with van der Waals surface area (Å²) >= 11 is 0. The maximum Gasteiger partial charge on any atom is 0.255 e. The Balaban J connectivity index is 1.52. The standard InChI is InChI=1S/C19H20N6O2/c1-13-3-4-14(9-22-13)19(26)25-8-5-17-15(11-25)16(23-24(17)2)12-27-18-10-20-6-7-21-18/h3-4,6-7,9-10H,5,8,11-12H2,1-2H3. The van der Waals surface area contributed by atoms with Gasteiger partial charge in [-0.25, -0.2) is 4.98 Å². The van der Waals surface area contributed by atoms with E-state index in [4.69, 9.17) is 4.74 Å². The molecule has 0 N–H and O–H groups in total. The molecule has 0 saturated carbocycles. The Hall–Kier alpha value is -3.29. The van der Waals surface area contributed by atoms with Gasteiger partial charge in [-0.3, -0.25) is 19.4 Å². The molecule has 0 aliphatic carbocycles. The van der Waals surface area contributed by atoms with Crippen molar-refractivity contribution in [2.45, 2.75) is 26.5 Å². The van der Waals surface area contributed by atoms with E-state index in [1.54, 1.807) is 24.8 Å². The number of aryl methyl sites for hydroxylation is 2. The first kappa shape index (κ1) is 17.1. The first-order valence-corrected chi connectivity index (χ1v) is 8.76. The van der Waals surface area contributed by atoms with Gasteiger partial charge in [-0.1, -0.05) is 0 Å². The fourth-order valence-electron chi connectivity index (χ4n) is 3.24. The van der Waals surface area contributed by atoms with Crippen LogP contribution < -0.4 is 4.74 Å². The van der Waals surface area contributed by atoms with Crippen LogP contribution in [0.4, 0.5) is 0 Å². The fourth-order valence-corrected chi connectivity index (χ4v) is 3.24. The van der Waals surface area contributed by atoms with Crippen LogP contribution in [0.5, 0.6) is 5.88 Å². The number of carbonyl (C=O) groups is 1. The van der Waals surface area contributed by atoms with Crippen LogP contribution in [0.15, 0.2) is 36.9 Å². The molecule has 1 amide bonds. The van der Waals surface area contributed by atoms with Gasteiger partial charge in [-0.15, -0.1) is 0 Å². The third-order valence-corrected chi connectivity index (χ3v) is 4.67. The number of nitrogens with zero attached hydrogens (tertiary/aromatic N) is 6. The van der Waals surface area contributed by atoms with Gasteiger partial charge in [0.25, 0.3) is 5.91 Å². The maximum atomic E-state index is 12.8. The summed E-state index contributed by atoms with van der Waals surface area (Å²) in [6, 6.07) is 3.67. The molecule has 0 radical (unpaired) electrons. The zero-order valence-corrected chi connectivity index (χ0v) is 15.3. The minimum Gasteiger partial charge on any atom is -0.470 e. The molecule has 8 nitrogen and oxygen atoms in total. The van der Waals surface area contributed by atoms with Crippen LogP contribution in [0.3, 0.4) is 0 Å². The summed E-state index contributed by atoms with van der Waals surface area (Å²) in [5.74, 6) is 0.434. The molecule has 3 aromatic rings. The Morgan fingerprint density at radius 3 is 2.85 bits per heavy atom. The molecule has 0 fully saturated rings. The van der Waals surface area contributed by atoms with Crippen molar-refractivity contribution in [3.63, 3.8) is 0 Å². The molecule has 27 heavy (non-hydrogen) atoms. The van der Waals surface area contributed by atoms with Crippen molar-refractivity contribution in [3.8, 4) is 5.88 Å². The summed E-state index contributed by atoms with van der Waals surface area (Å²) in [4.78, 5) is 27.0. The van der Waals surface area contributed by atoms with Gasteiger partial charge in [0, 0.05) is 62.1 Å². The SMILES string of the molecule is Cc1ccc(C(=O)N2CCc3c(c(COc4cnccn4)nn3C)C2)cn1. The van der Waals surface area contributed by atoms with Gasteiger partial charge in [0.05, 0.1) is 11.8 Å². The molecule has 4 heterocycles. The highest BCUT2D eigenvalue weighted by Crippen LogP contribution is 2.24. The number of amides is 1. The van der Waals surface area contributed by atoms with Gasteiger partial charge in [-0.2, -0.15) is 5.10 Å². The van der Waals surface area contributed by atoms with Crippen LogP contribution in [0.25, 0.3) is 0 Å². The molecule has 4 rings (SSSR count). The van der Waals surface area contributed by atoms with Crippen LogP contribution in [0.2, 0.25) is 0 Å². The molecule has 0 saturated heterocycles. The monoisotopic (exact) mass is 364 g/mol. The van der Waals surface area contributed by atoms with Crippen molar-refractivity contribution in [3.05, 3.63) is 65.1 Å². The summed E-state index contributed by atoms with van der Waals surface area (Å²) in [5.41, 5.74) is 4.49. The van der Waals surface area contributed by atoms with Crippen LogP contribution in [-0.2, 0) is 26.6 Å². The van der Waals surface area contributed by atoms with Crippen molar-refractivity contribution < 1.29 is 9.53 Å². The van der Waals surface area contributed by atoms with Crippen molar-refractivity contribution in [1.29, 1.82) is 0 Å². The number of hydrogen-bond donors (Lipinski definition) is 0. The Labute approximate surface area is 156 Å². The van der Waals surface area contributed by atoms with Gasteiger partial charge in [0.2, 0.25) is 5.88 Å². The minimum atomic E-state index is -0.0159. The maximum absolute atomic E-state index is 12.8. The lowest BCUT2D eigenvalue weighted by atomic mass is 10.0. The highest BCUT2D eigenvalue weighted by molar-refractivity contribution is 5.94. The first-order valence-electron chi connectivity index (χ1n) is 8.76. The second-order valence-corrected chi connectivity index (χ2v) is 6.49. The topological polar surface area (TPSA) is 86.0 Å². The lowest BCUT2D eigenvalue weighted by Crippen LogP contribution is -2.36. The molecule has 0 aromatic carbocycles. The number of ether oxygens (including phenoxy) is 1. The van der Waals surface area contributed by atoms with E-state index < -0.39 is 0 Å². The summed E-state index contributed by atoms with van der Waals surface area (Å²) < 4.78 is 7.58. The predicted octanol–water partition coefficient (Wildman–Crippen LogP) is 1.69. The van der Waals surface area contributed by atoms with Crippen molar-refractivity contribution in [2.24, 2.45) is 7.05 Å². The third kappa shape index (κ3) is 3.51. The van der Waals surface area contributed by atoms with E-state index in [2.05, 4.69) is 20.1 Å². The lowest BCUT2D eigenvalue weighted by Gasteiger charge is -2.27. The van der Waals surface area contributed by atoms with Crippen molar-refractivity contribution in [1.82, 2.24) is 29.6 Å². The number of aromatic nitrogens is 5. The molecule has 3 aromatic heterocycles. The lowest BCUT2D eigenvalue weighted by molar-refractivity contribution is 0.0732. The fraction of sp³-hybridized carbons (Fsp3) is 0.316. The molecule has 1 aliphatic rings. The van der Waals surface area contributed by atoms with E-state index in [1.165, 1.54) is 0 Å². The quantitative estimate of drug-likeness (QED) is 0.700. The summed E-state index contributed by atoms with van der Waals surface area (Å²) in [7, 11) is 1.92. The predicted molar refractivity (Wildman–Crippen MR) is 97.0 cm³/mol. The molecule has 0 spiro atoms. The number of carbonyl (C=O) groups excluding carboxylic acids is 1. The molecule has 138 valence electrons. The smallest absolute Gasteiger partial charge is 0.255 e. The Morgan fingerprint density at radius 2 is 2.11 bits per heavy atom. The molecule has 0 atom stereocenters. The van der Waals surface area contributed by atoms with E-state index >= 15 is 0 Å². The molecule has 0 bridgehead atoms. The Kier molecular flexibility index (Phi) is 4.53. The molecule has 8 heteroatoms. The van der Waals surface area contributed by atoms with Gasteiger partial charge in [0.15, 0.2) is 0 Å². The van der Waals surface area contributed by atoms with E-state index in [9.17, 15) is 4.79 Å². The largest absolute Gasteiger partial charge is 0.470 e. The van der Waals surface area contributed by atoms with E-state index in [0.717, 1.165) is 29.1 Å². The Bertz CT molecular complexity index is 952. The normalized spacial score (nSPS) is 13.3. The van der Waals surface area contributed by atoms with Crippen molar-refractivity contribution in [2.75, 3.05) is 6.54 Å². The second-order valence-electron chi connectivity index (χ2n) is 6.49. The highest BCUT2D eigenvalue weighted by atomic mass is 16.5. The van der Waals surface area contributed by atoms with Gasteiger partial charge >= 0.3 is 0 Å². The average molecular weight is 364 g/mol. The van der Waals surface area contributed by atoms with Crippen LogP contribution in [-0.4, -0.2) is 42.1 Å². The molecule has 1 aliphatic heterocycles. The van der Waals surface area contributed by atoms with Gasteiger partial charge in [0.1, 0.15) is 12.3 Å². The summed E-state index contributed by atoms with van der Waals surface area (Å²) in [6.07, 6.45) is 7.14. The van der Waals surface area contributed by atoms with Crippen LogP contribution in [0, 0.1) is 6.92 Å². The molecular formula is C19H20N6O2. The number of hydrogen-bond acceptors (Lipinski definition) is 6. The van der Waals surface area contributed by atoms with Crippen LogP contribution >= 0.6 is 0 Å². The van der Waals surface area contributed by atoms with E-state index in [1.807, 2.05) is 35.7 Å². The van der Waals surface area contributed by atoms with Gasteiger partial charge in [-0.05, 0) is 19.1 Å². The average Bonchev–Trinajstić information content (AvgIpc) is 3.02. The minimum absolute atomic E-state index is 0.0159. The Morgan fingerprint density at radius 1 is 1.22 bits per heavy atom. The zero-order valence-electron chi connectivity index (χ0n) is 15.3. The summed E-state index contributed by atoms with van der Waals surface area (Å²) in [6.45, 7) is 3.36. The molecule has 0 unspecified atom stereocenters. The zero-order chi connectivity index (χ0) is 18.8. The second kappa shape index (κ2) is 7.14. The number of rotatable bonds is 4. The molecular weight excluding hydrogens is 344 g/mol. The number of fused-ring (bicyclic) bond motifs is 1. The first-order chi connectivity index (χ1) is 13.1. The van der Waals surface area contributed by atoms with Crippen LogP contribution in [0.1, 0.15) is 33.0 Å². The van der Waals surface area contributed by atoms with Gasteiger partial charge < -0.3 is 9.64 Å². The number of pyridine rings is 1. The summed E-state index contributed by atoms with van der Waals surface area (Å²) in [5, 5.41) is 4.58. The van der Waals surface area contributed by atoms with E-state index in [0.29, 0.717) is 24.5 Å². The third-order valence-electron chi connectivity index (χ3n) is 4.67. The van der Waals surface area contributed by atoms with E-state index in [-0.39, 0.29) is 12.5 Å². The highest BCUT2D eigenvalue weighted by Gasteiger charge is 2.27.